The second-order valence-corrected chi connectivity index (χ2v) is 8.67. The maximum Gasteiger partial charge on any atom is 0.416 e. The minimum atomic E-state index is -4.25. The van der Waals surface area contributed by atoms with Gasteiger partial charge in [-0.3, -0.25) is 15.3 Å². The highest BCUT2D eigenvalue weighted by molar-refractivity contribution is 7.97. The van der Waals surface area contributed by atoms with Crippen molar-refractivity contribution in [1.29, 1.82) is 0 Å². The Morgan fingerprint density at radius 2 is 1.76 bits per heavy atom. The van der Waals surface area contributed by atoms with Gasteiger partial charge in [0.1, 0.15) is 0 Å². The SMILES string of the molecule is CC(C)C1=CCC=C(CNC=O)C=C1.FC(F)(F)c1ccc(SN2CCNCC2)cc1.OO. The lowest BCUT2D eigenvalue weighted by Crippen LogP contribution is -2.39. The molecule has 0 saturated carbocycles. The predicted molar refractivity (Wildman–Crippen MR) is 126 cm³/mol. The molecule has 3 rings (SSSR count). The zero-order valence-electron chi connectivity index (χ0n) is 18.8. The van der Waals surface area contributed by atoms with Crippen LogP contribution in [0.1, 0.15) is 25.8 Å². The number of nitrogens with zero attached hydrogens (tertiary/aromatic N) is 1. The Labute approximate surface area is 197 Å². The molecule has 1 aromatic rings. The van der Waals surface area contributed by atoms with Gasteiger partial charge in [0.25, 0.3) is 0 Å². The van der Waals surface area contributed by atoms with Crippen LogP contribution >= 0.6 is 11.9 Å². The van der Waals surface area contributed by atoms with Crippen LogP contribution in [0.3, 0.4) is 0 Å². The van der Waals surface area contributed by atoms with Crippen LogP contribution in [0, 0.1) is 5.92 Å². The third kappa shape index (κ3) is 11.5. The highest BCUT2D eigenvalue weighted by Crippen LogP contribution is 2.31. The number of carbonyl (C=O) groups excluding carboxylic acids is 1. The molecule has 0 aromatic heterocycles. The molecule has 0 bridgehead atoms. The molecule has 1 heterocycles. The highest BCUT2D eigenvalue weighted by Gasteiger charge is 2.30. The number of hydrogen-bond acceptors (Lipinski definition) is 6. The van der Waals surface area contributed by atoms with Gasteiger partial charge in [-0.05, 0) is 59.7 Å². The van der Waals surface area contributed by atoms with Gasteiger partial charge in [-0.25, -0.2) is 4.31 Å². The third-order valence-electron chi connectivity index (χ3n) is 4.77. The average molecular weight is 488 g/mol. The van der Waals surface area contributed by atoms with Crippen LogP contribution in [-0.2, 0) is 11.0 Å². The lowest BCUT2D eigenvalue weighted by atomic mass is 10.0. The topological polar surface area (TPSA) is 84.8 Å². The maximum atomic E-state index is 12.4. The Morgan fingerprint density at radius 1 is 1.12 bits per heavy atom. The van der Waals surface area contributed by atoms with Crippen LogP contribution in [0.25, 0.3) is 0 Å². The molecule has 1 saturated heterocycles. The number of piperazine rings is 1. The molecule has 4 N–H and O–H groups in total. The summed E-state index contributed by atoms with van der Waals surface area (Å²) in [5, 5.41) is 17.9. The van der Waals surface area contributed by atoms with Gasteiger partial charge in [-0.2, -0.15) is 13.2 Å². The van der Waals surface area contributed by atoms with E-state index in [1.165, 1.54) is 35.2 Å². The fraction of sp³-hybridized carbons (Fsp3) is 0.435. The van der Waals surface area contributed by atoms with Crippen molar-refractivity contribution in [2.24, 2.45) is 5.92 Å². The molecule has 1 aromatic carbocycles. The van der Waals surface area contributed by atoms with Crippen molar-refractivity contribution in [2.75, 3.05) is 32.7 Å². The third-order valence-corrected chi connectivity index (χ3v) is 5.88. The number of amides is 1. The summed E-state index contributed by atoms with van der Waals surface area (Å²) >= 11 is 1.51. The average Bonchev–Trinajstić information content (AvgIpc) is 3.06. The molecular formula is C23H32F3N3O3S. The van der Waals surface area contributed by atoms with Gasteiger partial charge in [-0.15, -0.1) is 0 Å². The minimum Gasteiger partial charge on any atom is -0.355 e. The van der Waals surface area contributed by atoms with E-state index in [0.29, 0.717) is 12.5 Å². The van der Waals surface area contributed by atoms with Gasteiger partial charge in [0.2, 0.25) is 6.41 Å². The number of carbonyl (C=O) groups is 1. The van der Waals surface area contributed by atoms with Gasteiger partial charge in [0, 0.05) is 37.6 Å². The molecule has 0 spiro atoms. The largest absolute Gasteiger partial charge is 0.416 e. The summed E-state index contributed by atoms with van der Waals surface area (Å²) in [6.45, 7) is 8.66. The lowest BCUT2D eigenvalue weighted by molar-refractivity contribution is -0.176. The van der Waals surface area contributed by atoms with E-state index in [-0.39, 0.29) is 0 Å². The molecular weight excluding hydrogens is 455 g/mol. The first-order valence-electron chi connectivity index (χ1n) is 10.5. The molecule has 33 heavy (non-hydrogen) atoms. The number of halogens is 3. The Kier molecular flexibility index (Phi) is 13.7. The second-order valence-electron chi connectivity index (χ2n) is 7.50. The first-order chi connectivity index (χ1) is 15.8. The summed E-state index contributed by atoms with van der Waals surface area (Å²) < 4.78 is 39.2. The summed E-state index contributed by atoms with van der Waals surface area (Å²) in [6, 6.07) is 5.31. The lowest BCUT2D eigenvalue weighted by Gasteiger charge is -2.25. The quantitative estimate of drug-likeness (QED) is 0.199. The molecule has 1 fully saturated rings. The molecule has 1 aliphatic heterocycles. The second kappa shape index (κ2) is 15.7. The van der Waals surface area contributed by atoms with Crippen LogP contribution in [0.2, 0.25) is 0 Å². The van der Waals surface area contributed by atoms with Crippen LogP contribution in [0.4, 0.5) is 13.2 Å². The van der Waals surface area contributed by atoms with Crippen LogP contribution in [0.5, 0.6) is 0 Å². The summed E-state index contributed by atoms with van der Waals surface area (Å²) in [5.41, 5.74) is 1.94. The van der Waals surface area contributed by atoms with Crippen LogP contribution in [0.15, 0.2) is 64.6 Å². The predicted octanol–water partition coefficient (Wildman–Crippen LogP) is 4.84. The molecule has 0 radical (unpaired) electrons. The first kappa shape index (κ1) is 28.9. The van der Waals surface area contributed by atoms with Crippen LogP contribution < -0.4 is 10.6 Å². The molecule has 1 amide bonds. The van der Waals surface area contributed by atoms with E-state index in [9.17, 15) is 18.0 Å². The van der Waals surface area contributed by atoms with Crippen molar-refractivity contribution in [2.45, 2.75) is 31.3 Å². The number of rotatable bonds is 6. The van der Waals surface area contributed by atoms with Gasteiger partial charge in [0.05, 0.1) is 5.56 Å². The molecule has 0 atom stereocenters. The Morgan fingerprint density at radius 3 is 2.30 bits per heavy atom. The molecule has 6 nitrogen and oxygen atoms in total. The number of allylic oxidation sites excluding steroid dienone is 4. The number of nitrogens with one attached hydrogen (secondary N) is 2. The number of alkyl halides is 3. The minimum absolute atomic E-state index is 0.568. The van der Waals surface area contributed by atoms with Crippen molar-refractivity contribution in [3.63, 3.8) is 0 Å². The smallest absolute Gasteiger partial charge is 0.355 e. The van der Waals surface area contributed by atoms with Crippen molar-refractivity contribution >= 4 is 18.4 Å². The number of hydrogen-bond donors (Lipinski definition) is 4. The zero-order chi connectivity index (χ0) is 24.7. The maximum absolute atomic E-state index is 12.4. The van der Waals surface area contributed by atoms with E-state index in [4.69, 9.17) is 10.5 Å². The van der Waals surface area contributed by atoms with E-state index in [1.54, 1.807) is 0 Å². The fourth-order valence-corrected chi connectivity index (χ4v) is 3.92. The molecule has 10 heteroatoms. The zero-order valence-corrected chi connectivity index (χ0v) is 19.6. The number of benzene rings is 1. The van der Waals surface area contributed by atoms with Gasteiger partial charge >= 0.3 is 6.18 Å². The van der Waals surface area contributed by atoms with Gasteiger partial charge in [-0.1, -0.05) is 38.2 Å². The van der Waals surface area contributed by atoms with E-state index < -0.39 is 11.7 Å². The fourth-order valence-electron chi connectivity index (χ4n) is 2.99. The summed E-state index contributed by atoms with van der Waals surface area (Å²) in [6.07, 6.45) is 6.02. The van der Waals surface area contributed by atoms with Crippen molar-refractivity contribution in [3.8, 4) is 0 Å². The summed E-state index contributed by atoms with van der Waals surface area (Å²) in [4.78, 5) is 11.0. The first-order valence-corrected chi connectivity index (χ1v) is 11.3. The van der Waals surface area contributed by atoms with Gasteiger partial charge < -0.3 is 10.6 Å². The van der Waals surface area contributed by atoms with Gasteiger partial charge in [0.15, 0.2) is 0 Å². The highest BCUT2D eigenvalue weighted by atomic mass is 32.2. The van der Waals surface area contributed by atoms with Crippen LogP contribution in [-0.4, -0.2) is 54.0 Å². The van der Waals surface area contributed by atoms with Crippen molar-refractivity contribution in [1.82, 2.24) is 14.9 Å². The van der Waals surface area contributed by atoms with E-state index in [2.05, 4.69) is 53.1 Å². The molecule has 0 unspecified atom stereocenters. The molecule has 1 aliphatic carbocycles. The summed E-state index contributed by atoms with van der Waals surface area (Å²) in [7, 11) is 0. The van der Waals surface area contributed by atoms with E-state index in [1.807, 2.05) is 0 Å². The van der Waals surface area contributed by atoms with Crippen molar-refractivity contribution < 1.29 is 28.5 Å². The monoisotopic (exact) mass is 487 g/mol. The molecule has 2 aliphatic rings. The normalized spacial score (nSPS) is 16.4. The Bertz CT molecular complexity index is 788. The standard InChI is InChI=1S/C12H17NO.C11H13F3N2S.H2O2/c1-10(2)12-5-3-4-11(6-7-12)8-13-9-14;12-11(13,14)9-1-3-10(4-2-9)17-16-7-5-15-6-8-16;1-2/h4-7,9-10H,3,8H2,1-2H3,(H,13,14);1-4,15H,5-8H2;1-2H. The van der Waals surface area contributed by atoms with E-state index >= 15 is 0 Å². The van der Waals surface area contributed by atoms with E-state index in [0.717, 1.165) is 56.0 Å². The molecule has 184 valence electrons. The Balaban J connectivity index is 0.000000313. The Hall–Kier alpha value is -2.11. The summed E-state index contributed by atoms with van der Waals surface area (Å²) in [5.74, 6) is 0.568. The van der Waals surface area contributed by atoms with Crippen molar-refractivity contribution in [3.05, 3.63) is 65.3 Å².